The van der Waals surface area contributed by atoms with Crippen LogP contribution in [0.1, 0.15) is 47.9 Å². The lowest BCUT2D eigenvalue weighted by atomic mass is 9.87. The molecule has 0 spiro atoms. The Morgan fingerprint density at radius 1 is 1.15 bits per heavy atom. The minimum absolute atomic E-state index is 0.149. The number of aromatic nitrogens is 5. The molecule has 33 heavy (non-hydrogen) atoms. The summed E-state index contributed by atoms with van der Waals surface area (Å²) in [4.78, 5) is 24.2. The average Bonchev–Trinajstić information content (AvgIpc) is 3.32. The zero-order valence-electron chi connectivity index (χ0n) is 17.8. The van der Waals surface area contributed by atoms with Crippen molar-refractivity contribution in [2.24, 2.45) is 5.92 Å². The molecule has 2 aromatic heterocycles. The second-order valence-electron chi connectivity index (χ2n) is 8.09. The van der Waals surface area contributed by atoms with Crippen molar-refractivity contribution in [2.45, 2.75) is 44.8 Å². The van der Waals surface area contributed by atoms with Crippen molar-refractivity contribution in [3.8, 4) is 5.69 Å². The van der Waals surface area contributed by atoms with E-state index in [2.05, 4.69) is 20.2 Å². The fraction of sp³-hybridized carbons (Fsp3) is 0.409. The van der Waals surface area contributed by atoms with Gasteiger partial charge in [-0.25, -0.2) is 14.4 Å². The van der Waals surface area contributed by atoms with Crippen LogP contribution in [0.15, 0.2) is 43.0 Å². The van der Waals surface area contributed by atoms with Crippen LogP contribution in [0.3, 0.4) is 0 Å². The van der Waals surface area contributed by atoms with E-state index in [1.165, 1.54) is 35.4 Å². The molecular weight excluding hydrogens is 440 g/mol. The van der Waals surface area contributed by atoms with Crippen LogP contribution in [0.25, 0.3) is 5.69 Å². The Labute approximate surface area is 187 Å². The van der Waals surface area contributed by atoms with E-state index in [1.807, 2.05) is 6.92 Å². The van der Waals surface area contributed by atoms with E-state index in [0.717, 1.165) is 25.2 Å². The Kier molecular flexibility index (Phi) is 6.39. The fourth-order valence-corrected chi connectivity index (χ4v) is 4.20. The predicted octanol–water partition coefficient (Wildman–Crippen LogP) is 4.09. The largest absolute Gasteiger partial charge is 0.419 e. The first-order valence-corrected chi connectivity index (χ1v) is 10.6. The third-order valence-corrected chi connectivity index (χ3v) is 5.90. The number of rotatable bonds is 5. The lowest BCUT2D eigenvalue weighted by Gasteiger charge is -2.40. The molecule has 0 saturated carbocycles. The maximum absolute atomic E-state index is 14.1. The topological polar surface area (TPSA) is 76.8 Å². The minimum atomic E-state index is -4.49. The molecule has 7 nitrogen and oxygen atoms in total. The number of nitrogens with zero attached hydrogens (tertiary/aromatic N) is 6. The molecule has 1 amide bonds. The quantitative estimate of drug-likeness (QED) is 0.534. The first-order valence-electron chi connectivity index (χ1n) is 10.6. The predicted molar refractivity (Wildman–Crippen MR) is 110 cm³/mol. The van der Waals surface area contributed by atoms with Gasteiger partial charge in [0.1, 0.15) is 11.6 Å². The molecule has 174 valence electrons. The van der Waals surface area contributed by atoms with Crippen molar-refractivity contribution >= 4 is 5.91 Å². The van der Waals surface area contributed by atoms with Gasteiger partial charge in [-0.3, -0.25) is 4.79 Å². The number of amides is 1. The second kappa shape index (κ2) is 9.24. The Morgan fingerprint density at radius 2 is 1.85 bits per heavy atom. The minimum Gasteiger partial charge on any atom is -0.335 e. The molecule has 1 aliphatic rings. The molecule has 0 unspecified atom stereocenters. The van der Waals surface area contributed by atoms with E-state index in [9.17, 15) is 22.4 Å². The molecule has 3 heterocycles. The van der Waals surface area contributed by atoms with Crippen LogP contribution in [0, 0.1) is 11.7 Å². The van der Waals surface area contributed by atoms with Crippen LogP contribution >= 0.6 is 0 Å². The summed E-state index contributed by atoms with van der Waals surface area (Å²) in [5, 5.41) is 8.11. The smallest absolute Gasteiger partial charge is 0.335 e. The van der Waals surface area contributed by atoms with Crippen molar-refractivity contribution in [1.29, 1.82) is 0 Å². The summed E-state index contributed by atoms with van der Waals surface area (Å²) < 4.78 is 52.3. The summed E-state index contributed by atoms with van der Waals surface area (Å²) in [5.74, 6) is -0.460. The zero-order valence-corrected chi connectivity index (χ0v) is 17.8. The van der Waals surface area contributed by atoms with E-state index >= 15 is 0 Å². The number of hydrogen-bond acceptors (Lipinski definition) is 5. The van der Waals surface area contributed by atoms with Gasteiger partial charge in [-0.2, -0.15) is 28.2 Å². The van der Waals surface area contributed by atoms with E-state index in [4.69, 9.17) is 0 Å². The van der Waals surface area contributed by atoms with Crippen LogP contribution in [0.5, 0.6) is 0 Å². The molecule has 1 aromatic carbocycles. The average molecular weight is 462 g/mol. The number of benzene rings is 1. The molecule has 0 bridgehead atoms. The monoisotopic (exact) mass is 462 g/mol. The lowest BCUT2D eigenvalue weighted by Crippen LogP contribution is -2.48. The molecule has 0 aliphatic carbocycles. The van der Waals surface area contributed by atoms with E-state index in [1.54, 1.807) is 4.90 Å². The van der Waals surface area contributed by atoms with Crippen molar-refractivity contribution in [2.75, 3.05) is 6.54 Å². The van der Waals surface area contributed by atoms with Crippen LogP contribution in [-0.4, -0.2) is 48.4 Å². The fourth-order valence-electron chi connectivity index (χ4n) is 4.20. The number of hydrogen-bond donors (Lipinski definition) is 0. The van der Waals surface area contributed by atoms with Gasteiger partial charge in [0.15, 0.2) is 0 Å². The highest BCUT2D eigenvalue weighted by Crippen LogP contribution is 2.30. The third-order valence-electron chi connectivity index (χ3n) is 5.90. The standard InChI is InChI=1S/C22H22F4N6O/c1-14-3-2-10-31(18(14)6-7-20-27-12-15(13-28-20)22(24,25)26)21(33)17-11-16(23)4-5-19(17)32-29-8-9-30-32/h4-5,8-9,11-14,18H,2-3,6-7,10H2,1H3/t14-,18-/m1/s1. The number of carbonyl (C=O) groups is 1. The molecule has 1 aliphatic heterocycles. The highest BCUT2D eigenvalue weighted by Gasteiger charge is 2.34. The SMILES string of the molecule is C[C@@H]1CCCN(C(=O)c2cc(F)ccc2-n2nccn2)[C@@H]1CCc1ncc(C(F)(F)F)cn1. The number of carbonyl (C=O) groups excluding carboxylic acids is 1. The zero-order chi connectivity index (χ0) is 23.6. The Morgan fingerprint density at radius 3 is 2.52 bits per heavy atom. The maximum Gasteiger partial charge on any atom is 0.419 e. The second-order valence-corrected chi connectivity index (χ2v) is 8.09. The van der Waals surface area contributed by atoms with Crippen LogP contribution in [0.2, 0.25) is 0 Å². The van der Waals surface area contributed by atoms with Crippen molar-refractivity contribution in [3.05, 3.63) is 65.8 Å². The molecule has 4 rings (SSSR count). The normalized spacial score (nSPS) is 19.0. The van der Waals surface area contributed by atoms with Gasteiger partial charge in [-0.05, 0) is 43.4 Å². The summed E-state index contributed by atoms with van der Waals surface area (Å²) in [6.45, 7) is 2.52. The molecule has 3 aromatic rings. The molecule has 1 fully saturated rings. The van der Waals surface area contributed by atoms with Crippen molar-refractivity contribution in [1.82, 2.24) is 29.9 Å². The summed E-state index contributed by atoms with van der Waals surface area (Å²) in [7, 11) is 0. The number of aryl methyl sites for hydroxylation is 1. The van der Waals surface area contributed by atoms with Gasteiger partial charge in [0, 0.05) is 31.4 Å². The van der Waals surface area contributed by atoms with Gasteiger partial charge in [0.05, 0.1) is 29.2 Å². The van der Waals surface area contributed by atoms with Crippen LogP contribution in [-0.2, 0) is 12.6 Å². The van der Waals surface area contributed by atoms with Gasteiger partial charge in [0.25, 0.3) is 5.91 Å². The van der Waals surface area contributed by atoms with E-state index in [0.29, 0.717) is 25.1 Å². The highest BCUT2D eigenvalue weighted by molar-refractivity contribution is 5.98. The highest BCUT2D eigenvalue weighted by atomic mass is 19.4. The van der Waals surface area contributed by atoms with Gasteiger partial charge in [0.2, 0.25) is 0 Å². The summed E-state index contributed by atoms with van der Waals surface area (Å²) >= 11 is 0. The van der Waals surface area contributed by atoms with E-state index < -0.39 is 17.6 Å². The Balaban J connectivity index is 1.55. The van der Waals surface area contributed by atoms with Gasteiger partial charge in [-0.15, -0.1) is 0 Å². The molecule has 2 atom stereocenters. The molecular formula is C22H22F4N6O. The Bertz CT molecular complexity index is 1100. The number of likely N-dealkylation sites (tertiary alicyclic amines) is 1. The molecule has 11 heteroatoms. The summed E-state index contributed by atoms with van der Waals surface area (Å²) in [6.07, 6.45) is 2.46. The van der Waals surface area contributed by atoms with Gasteiger partial charge in [-0.1, -0.05) is 6.92 Å². The van der Waals surface area contributed by atoms with Gasteiger partial charge >= 0.3 is 6.18 Å². The number of halogens is 4. The summed E-state index contributed by atoms with van der Waals surface area (Å²) in [6, 6.07) is 3.68. The van der Waals surface area contributed by atoms with E-state index in [-0.39, 0.29) is 29.3 Å². The first-order chi connectivity index (χ1) is 15.7. The van der Waals surface area contributed by atoms with Crippen molar-refractivity contribution in [3.63, 3.8) is 0 Å². The third kappa shape index (κ3) is 5.01. The lowest BCUT2D eigenvalue weighted by molar-refractivity contribution is -0.138. The molecule has 1 saturated heterocycles. The van der Waals surface area contributed by atoms with Gasteiger partial charge < -0.3 is 4.90 Å². The van der Waals surface area contributed by atoms with Crippen LogP contribution in [0.4, 0.5) is 17.6 Å². The first kappa shape index (κ1) is 22.8. The molecule has 0 radical (unpaired) electrons. The number of piperidine rings is 1. The van der Waals surface area contributed by atoms with Crippen LogP contribution < -0.4 is 0 Å². The Hall–Kier alpha value is -3.37. The maximum atomic E-state index is 14.1. The molecule has 0 N–H and O–H groups in total. The van der Waals surface area contributed by atoms with Crippen molar-refractivity contribution < 1.29 is 22.4 Å². The number of alkyl halides is 3. The summed E-state index contributed by atoms with van der Waals surface area (Å²) in [5.41, 5.74) is -0.384.